The monoisotopic (exact) mass is 249 g/mol. The van der Waals surface area contributed by atoms with Crippen LogP contribution in [0.15, 0.2) is 49.2 Å². The number of aryl methyl sites for hydroxylation is 1. The molecule has 0 spiro atoms. The van der Waals surface area contributed by atoms with Crippen LogP contribution in [0.25, 0.3) is 11.1 Å². The van der Waals surface area contributed by atoms with Gasteiger partial charge in [-0.2, -0.15) is 5.26 Å². The Labute approximate surface area is 113 Å². The van der Waals surface area contributed by atoms with E-state index in [1.807, 2.05) is 44.2 Å². The van der Waals surface area contributed by atoms with Crippen molar-refractivity contribution < 1.29 is 4.74 Å². The number of hydrogen-bond donors (Lipinski definition) is 0. The molecule has 0 N–H and O–H groups in total. The number of ether oxygens (including phenoxy) is 1. The van der Waals surface area contributed by atoms with E-state index in [0.29, 0.717) is 5.56 Å². The number of rotatable bonds is 3. The van der Waals surface area contributed by atoms with E-state index in [9.17, 15) is 0 Å². The molecule has 94 valence electrons. The third kappa shape index (κ3) is 2.51. The smallest absolute Gasteiger partial charge is 0.129 e. The zero-order valence-corrected chi connectivity index (χ0v) is 11.1. The van der Waals surface area contributed by atoms with Gasteiger partial charge in [-0.25, -0.2) is 0 Å². The van der Waals surface area contributed by atoms with E-state index in [4.69, 9.17) is 10.00 Å². The topological polar surface area (TPSA) is 33.0 Å². The first-order chi connectivity index (χ1) is 9.17. The van der Waals surface area contributed by atoms with Gasteiger partial charge in [0, 0.05) is 0 Å². The Morgan fingerprint density at radius 1 is 1.21 bits per heavy atom. The second-order valence-corrected chi connectivity index (χ2v) is 4.35. The number of benzene rings is 2. The van der Waals surface area contributed by atoms with Gasteiger partial charge in [0.05, 0.1) is 17.9 Å². The van der Waals surface area contributed by atoms with Crippen LogP contribution in [0.1, 0.15) is 16.7 Å². The second kappa shape index (κ2) is 5.41. The summed E-state index contributed by atoms with van der Waals surface area (Å²) < 4.78 is 5.31. The molecule has 0 saturated carbocycles. The fraction of sp³-hybridized carbons (Fsp3) is 0.118. The van der Waals surface area contributed by atoms with Gasteiger partial charge in [0.1, 0.15) is 5.75 Å². The third-order valence-corrected chi connectivity index (χ3v) is 3.15. The summed E-state index contributed by atoms with van der Waals surface area (Å²) in [6.45, 7) is 7.52. The van der Waals surface area contributed by atoms with E-state index >= 15 is 0 Å². The Morgan fingerprint density at radius 3 is 2.63 bits per heavy atom. The van der Waals surface area contributed by atoms with Crippen LogP contribution in [0.3, 0.4) is 0 Å². The van der Waals surface area contributed by atoms with Gasteiger partial charge in [-0.15, -0.1) is 0 Å². The van der Waals surface area contributed by atoms with Gasteiger partial charge in [0.2, 0.25) is 0 Å². The molecule has 0 unspecified atom stereocenters. The van der Waals surface area contributed by atoms with Crippen LogP contribution < -0.4 is 4.74 Å². The normalized spacial score (nSPS) is 9.74. The van der Waals surface area contributed by atoms with Crippen LogP contribution in [0.4, 0.5) is 0 Å². The lowest BCUT2D eigenvalue weighted by Crippen LogP contribution is -1.90. The minimum Gasteiger partial charge on any atom is -0.465 e. The minimum atomic E-state index is 0.710. The first-order valence-electron chi connectivity index (χ1n) is 6.05. The Bertz CT molecular complexity index is 665. The molecule has 19 heavy (non-hydrogen) atoms. The highest BCUT2D eigenvalue weighted by atomic mass is 16.5. The Hall–Kier alpha value is -2.53. The molecular weight excluding hydrogens is 234 g/mol. The highest BCUT2D eigenvalue weighted by Gasteiger charge is 2.07. The lowest BCUT2D eigenvalue weighted by Gasteiger charge is -2.10. The Balaban J connectivity index is 2.52. The molecule has 2 heteroatoms. The van der Waals surface area contributed by atoms with Crippen LogP contribution in [0.5, 0.6) is 5.75 Å². The van der Waals surface area contributed by atoms with Crippen LogP contribution in [0, 0.1) is 25.2 Å². The highest BCUT2D eigenvalue weighted by molar-refractivity contribution is 5.71. The van der Waals surface area contributed by atoms with Gasteiger partial charge < -0.3 is 4.74 Å². The van der Waals surface area contributed by atoms with Gasteiger partial charge in [-0.1, -0.05) is 24.8 Å². The average Bonchev–Trinajstić information content (AvgIpc) is 2.42. The second-order valence-electron chi connectivity index (χ2n) is 4.35. The molecule has 0 aromatic heterocycles. The van der Waals surface area contributed by atoms with E-state index in [1.54, 1.807) is 0 Å². The molecule has 0 aliphatic heterocycles. The zero-order chi connectivity index (χ0) is 13.8. The van der Waals surface area contributed by atoms with Crippen molar-refractivity contribution in [1.29, 1.82) is 5.26 Å². The highest BCUT2D eigenvalue weighted by Crippen LogP contribution is 2.29. The molecular formula is C17H15NO. The van der Waals surface area contributed by atoms with Crippen LogP contribution in [-0.4, -0.2) is 0 Å². The van der Waals surface area contributed by atoms with E-state index in [1.165, 1.54) is 6.26 Å². The van der Waals surface area contributed by atoms with Gasteiger partial charge in [0.15, 0.2) is 0 Å². The molecule has 2 nitrogen and oxygen atoms in total. The first-order valence-corrected chi connectivity index (χ1v) is 6.05. The van der Waals surface area contributed by atoms with E-state index in [2.05, 4.69) is 18.7 Å². The van der Waals surface area contributed by atoms with Crippen molar-refractivity contribution in [2.45, 2.75) is 13.8 Å². The SMILES string of the molecule is C=COc1ccc(-c2cccc(C#N)c2C)cc1C. The summed E-state index contributed by atoms with van der Waals surface area (Å²) in [5, 5.41) is 9.08. The lowest BCUT2D eigenvalue weighted by atomic mass is 9.96. The molecule has 0 aliphatic rings. The fourth-order valence-corrected chi connectivity index (χ4v) is 2.11. The molecule has 2 rings (SSSR count). The Kier molecular flexibility index (Phi) is 3.68. The molecule has 0 atom stereocenters. The predicted molar refractivity (Wildman–Crippen MR) is 76.9 cm³/mol. The largest absolute Gasteiger partial charge is 0.465 e. The molecule has 2 aromatic carbocycles. The van der Waals surface area contributed by atoms with Crippen molar-refractivity contribution in [3.05, 3.63) is 65.9 Å². The maximum absolute atomic E-state index is 9.08. The molecule has 0 heterocycles. The molecule has 0 fully saturated rings. The summed E-state index contributed by atoms with van der Waals surface area (Å²) in [5.41, 5.74) is 4.92. The number of hydrogen-bond acceptors (Lipinski definition) is 2. The van der Waals surface area contributed by atoms with Crippen molar-refractivity contribution >= 4 is 0 Å². The molecule has 0 radical (unpaired) electrons. The summed E-state index contributed by atoms with van der Waals surface area (Å²) >= 11 is 0. The fourth-order valence-electron chi connectivity index (χ4n) is 2.11. The minimum absolute atomic E-state index is 0.710. The summed E-state index contributed by atoms with van der Waals surface area (Å²) in [5.74, 6) is 0.799. The third-order valence-electron chi connectivity index (χ3n) is 3.15. The average molecular weight is 249 g/mol. The molecule has 0 aliphatic carbocycles. The Morgan fingerprint density at radius 2 is 2.00 bits per heavy atom. The first kappa shape index (κ1) is 12.9. The quantitative estimate of drug-likeness (QED) is 0.757. The summed E-state index contributed by atoms with van der Waals surface area (Å²) in [6, 6.07) is 14.0. The summed E-state index contributed by atoms with van der Waals surface area (Å²) in [7, 11) is 0. The standard InChI is InChI=1S/C17H15NO/c1-4-19-17-9-8-14(10-12(17)2)16-7-5-6-15(11-18)13(16)3/h4-10H,1H2,2-3H3. The van der Waals surface area contributed by atoms with Crippen LogP contribution >= 0.6 is 0 Å². The predicted octanol–water partition coefficient (Wildman–Crippen LogP) is 4.36. The van der Waals surface area contributed by atoms with Crippen molar-refractivity contribution in [3.63, 3.8) is 0 Å². The molecule has 0 bridgehead atoms. The van der Waals surface area contributed by atoms with E-state index in [0.717, 1.165) is 28.0 Å². The van der Waals surface area contributed by atoms with E-state index in [-0.39, 0.29) is 0 Å². The van der Waals surface area contributed by atoms with Gasteiger partial charge in [-0.05, 0) is 54.3 Å². The van der Waals surface area contributed by atoms with Crippen molar-refractivity contribution in [2.24, 2.45) is 0 Å². The van der Waals surface area contributed by atoms with Gasteiger partial charge >= 0.3 is 0 Å². The summed E-state index contributed by atoms with van der Waals surface area (Å²) in [6.07, 6.45) is 1.42. The van der Waals surface area contributed by atoms with Crippen molar-refractivity contribution in [1.82, 2.24) is 0 Å². The maximum atomic E-state index is 9.08. The van der Waals surface area contributed by atoms with Crippen LogP contribution in [-0.2, 0) is 0 Å². The van der Waals surface area contributed by atoms with Gasteiger partial charge in [0.25, 0.3) is 0 Å². The number of nitrogens with zero attached hydrogens (tertiary/aromatic N) is 1. The lowest BCUT2D eigenvalue weighted by molar-refractivity contribution is 0.480. The van der Waals surface area contributed by atoms with Crippen molar-refractivity contribution in [2.75, 3.05) is 0 Å². The van der Waals surface area contributed by atoms with Crippen LogP contribution in [0.2, 0.25) is 0 Å². The summed E-state index contributed by atoms with van der Waals surface area (Å²) in [4.78, 5) is 0. The molecule has 0 amide bonds. The number of nitriles is 1. The van der Waals surface area contributed by atoms with E-state index < -0.39 is 0 Å². The molecule has 2 aromatic rings. The van der Waals surface area contributed by atoms with Gasteiger partial charge in [-0.3, -0.25) is 0 Å². The molecule has 0 saturated heterocycles. The van der Waals surface area contributed by atoms with Crippen molar-refractivity contribution in [3.8, 4) is 22.9 Å². The maximum Gasteiger partial charge on any atom is 0.129 e. The zero-order valence-electron chi connectivity index (χ0n) is 11.1.